The van der Waals surface area contributed by atoms with Gasteiger partial charge < -0.3 is 14.8 Å². The lowest BCUT2D eigenvalue weighted by Gasteiger charge is -2.38. The maximum absolute atomic E-state index is 14.0. The van der Waals surface area contributed by atoms with Gasteiger partial charge in [0.1, 0.15) is 22.9 Å². The summed E-state index contributed by atoms with van der Waals surface area (Å²) < 4.78 is 50.8. The van der Waals surface area contributed by atoms with E-state index in [2.05, 4.69) is 5.32 Å². The van der Waals surface area contributed by atoms with E-state index in [0.717, 1.165) is 16.1 Å². The smallest absolute Gasteiger partial charge is 0.235 e. The van der Waals surface area contributed by atoms with Gasteiger partial charge in [0.05, 0.1) is 26.0 Å². The molecule has 0 bridgehead atoms. The number of nitrogens with zero attached hydrogens (tertiary/aromatic N) is 1. The van der Waals surface area contributed by atoms with Crippen molar-refractivity contribution in [2.24, 2.45) is 0 Å². The quantitative estimate of drug-likeness (QED) is 0.701. The zero-order chi connectivity index (χ0) is 22.8. The van der Waals surface area contributed by atoms with Gasteiger partial charge in [-0.15, -0.1) is 0 Å². The first kappa shape index (κ1) is 23.0. The molecule has 0 saturated carbocycles. The molecular weight excluding hydrogens is 423 g/mol. The highest BCUT2D eigenvalue weighted by Crippen LogP contribution is 2.41. The summed E-state index contributed by atoms with van der Waals surface area (Å²) in [6.07, 6.45) is 1.49. The Morgan fingerprint density at radius 3 is 2.65 bits per heavy atom. The van der Waals surface area contributed by atoms with Crippen LogP contribution in [-0.2, 0) is 21.4 Å². The van der Waals surface area contributed by atoms with Crippen LogP contribution in [0.1, 0.15) is 37.4 Å². The predicted molar refractivity (Wildman–Crippen MR) is 115 cm³/mol. The Hall–Kier alpha value is -2.65. The first-order valence-corrected chi connectivity index (χ1v) is 11.7. The summed E-state index contributed by atoms with van der Waals surface area (Å²) in [5, 5.41) is 2.91. The highest BCUT2D eigenvalue weighted by molar-refractivity contribution is 7.88. The van der Waals surface area contributed by atoms with Crippen LogP contribution in [0.3, 0.4) is 0 Å². The highest BCUT2D eigenvalue weighted by atomic mass is 32.2. The standard InChI is InChI=1S/C22H27FN2O5S/c1-22(2)12-19(17-11-16(29-3)9-10-20(17)30-22)24-21(26)14-25(31(4,27)28)13-15-7-5-6-8-18(15)23/h5-11,19H,12-14H2,1-4H3,(H,24,26)/t19-/m0/s1. The fourth-order valence-electron chi connectivity index (χ4n) is 3.60. The molecule has 0 saturated heterocycles. The minimum absolute atomic E-state index is 0.197. The van der Waals surface area contributed by atoms with Crippen LogP contribution in [0.15, 0.2) is 42.5 Å². The number of amides is 1. The van der Waals surface area contributed by atoms with Crippen LogP contribution in [0, 0.1) is 5.82 Å². The van der Waals surface area contributed by atoms with Crippen LogP contribution in [0.2, 0.25) is 0 Å². The molecule has 2 aromatic rings. The molecule has 1 heterocycles. The lowest BCUT2D eigenvalue weighted by molar-refractivity contribution is -0.122. The summed E-state index contributed by atoms with van der Waals surface area (Å²) in [5.74, 6) is 0.245. The zero-order valence-corrected chi connectivity index (χ0v) is 18.8. The van der Waals surface area contributed by atoms with E-state index in [-0.39, 0.29) is 12.1 Å². The van der Waals surface area contributed by atoms with Gasteiger partial charge in [0.2, 0.25) is 15.9 Å². The summed E-state index contributed by atoms with van der Waals surface area (Å²) in [6, 6.07) is 10.9. The van der Waals surface area contributed by atoms with Crippen molar-refractivity contribution in [2.45, 2.75) is 38.5 Å². The van der Waals surface area contributed by atoms with Gasteiger partial charge in [-0.05, 0) is 38.1 Å². The molecule has 9 heteroatoms. The molecule has 1 aliphatic rings. The van der Waals surface area contributed by atoms with Crippen molar-refractivity contribution in [1.82, 2.24) is 9.62 Å². The minimum Gasteiger partial charge on any atom is -0.497 e. The van der Waals surface area contributed by atoms with E-state index >= 15 is 0 Å². The third-order valence-electron chi connectivity index (χ3n) is 5.10. The van der Waals surface area contributed by atoms with E-state index in [1.807, 2.05) is 13.8 Å². The SMILES string of the molecule is COc1ccc2c(c1)[C@@H](NC(=O)CN(Cc1ccccc1F)S(C)(=O)=O)CC(C)(C)O2. The lowest BCUT2D eigenvalue weighted by atomic mass is 9.89. The maximum atomic E-state index is 14.0. The van der Waals surface area contributed by atoms with Gasteiger partial charge in [0.25, 0.3) is 0 Å². The Morgan fingerprint density at radius 1 is 1.29 bits per heavy atom. The number of methoxy groups -OCH3 is 1. The Bertz CT molecular complexity index is 1070. The van der Waals surface area contributed by atoms with E-state index in [1.165, 1.54) is 18.2 Å². The number of sulfonamides is 1. The minimum atomic E-state index is -3.75. The number of rotatable bonds is 7. The predicted octanol–water partition coefficient (Wildman–Crippen LogP) is 3.01. The van der Waals surface area contributed by atoms with Crippen molar-refractivity contribution in [3.05, 3.63) is 59.4 Å². The first-order chi connectivity index (χ1) is 14.5. The number of carbonyl (C=O) groups is 1. The van der Waals surface area contributed by atoms with Crippen molar-refractivity contribution < 1.29 is 27.1 Å². The topological polar surface area (TPSA) is 84.9 Å². The van der Waals surface area contributed by atoms with Crippen molar-refractivity contribution in [3.63, 3.8) is 0 Å². The summed E-state index contributed by atoms with van der Waals surface area (Å²) in [6.45, 7) is 3.17. The Labute approximate surface area is 182 Å². The Morgan fingerprint density at radius 2 is 2.00 bits per heavy atom. The van der Waals surface area contributed by atoms with E-state index in [0.29, 0.717) is 17.9 Å². The molecule has 168 valence electrons. The second-order valence-electron chi connectivity index (χ2n) is 8.21. The fourth-order valence-corrected chi connectivity index (χ4v) is 4.32. The number of hydrogen-bond acceptors (Lipinski definition) is 5. The van der Waals surface area contributed by atoms with Crippen LogP contribution < -0.4 is 14.8 Å². The molecule has 0 unspecified atom stereocenters. The van der Waals surface area contributed by atoms with Gasteiger partial charge in [-0.3, -0.25) is 4.79 Å². The van der Waals surface area contributed by atoms with Crippen molar-refractivity contribution in [3.8, 4) is 11.5 Å². The molecule has 31 heavy (non-hydrogen) atoms. The molecule has 1 N–H and O–H groups in total. The van der Waals surface area contributed by atoms with Gasteiger partial charge in [-0.25, -0.2) is 12.8 Å². The number of ether oxygens (including phenoxy) is 2. The molecule has 1 amide bonds. The molecule has 2 aromatic carbocycles. The number of hydrogen-bond donors (Lipinski definition) is 1. The number of fused-ring (bicyclic) bond motifs is 1. The maximum Gasteiger partial charge on any atom is 0.235 e. The van der Waals surface area contributed by atoms with Crippen molar-refractivity contribution in [1.29, 1.82) is 0 Å². The largest absolute Gasteiger partial charge is 0.497 e. The zero-order valence-electron chi connectivity index (χ0n) is 18.0. The first-order valence-electron chi connectivity index (χ1n) is 9.83. The van der Waals surface area contributed by atoms with Crippen LogP contribution >= 0.6 is 0 Å². The van der Waals surface area contributed by atoms with Crippen LogP contribution in [0.25, 0.3) is 0 Å². The summed E-state index contributed by atoms with van der Waals surface area (Å²) in [4.78, 5) is 12.8. The molecule has 3 rings (SSSR count). The summed E-state index contributed by atoms with van der Waals surface area (Å²) >= 11 is 0. The molecule has 0 radical (unpaired) electrons. The fraction of sp³-hybridized carbons (Fsp3) is 0.409. The Balaban J connectivity index is 1.80. The Kier molecular flexibility index (Phi) is 6.56. The molecule has 0 fully saturated rings. The third-order valence-corrected chi connectivity index (χ3v) is 6.30. The molecule has 0 aromatic heterocycles. The summed E-state index contributed by atoms with van der Waals surface area (Å²) in [5.41, 5.74) is 0.429. The van der Waals surface area contributed by atoms with E-state index < -0.39 is 39.9 Å². The van der Waals surface area contributed by atoms with Gasteiger partial charge in [-0.1, -0.05) is 18.2 Å². The molecular formula is C22H27FN2O5S. The molecule has 1 aliphatic heterocycles. The number of carbonyl (C=O) groups excluding carboxylic acids is 1. The molecule has 7 nitrogen and oxygen atoms in total. The molecule has 0 spiro atoms. The van der Waals surface area contributed by atoms with Crippen molar-refractivity contribution >= 4 is 15.9 Å². The normalized spacial score (nSPS) is 17.5. The lowest BCUT2D eigenvalue weighted by Crippen LogP contribution is -2.45. The van der Waals surface area contributed by atoms with E-state index in [4.69, 9.17) is 9.47 Å². The van der Waals surface area contributed by atoms with Crippen LogP contribution in [-0.4, -0.2) is 44.1 Å². The van der Waals surface area contributed by atoms with Crippen LogP contribution in [0.4, 0.5) is 4.39 Å². The van der Waals surface area contributed by atoms with Gasteiger partial charge in [0, 0.05) is 24.1 Å². The number of benzene rings is 2. The molecule has 0 aliphatic carbocycles. The van der Waals surface area contributed by atoms with Crippen molar-refractivity contribution in [2.75, 3.05) is 19.9 Å². The second-order valence-corrected chi connectivity index (χ2v) is 10.2. The third kappa shape index (κ3) is 5.74. The average molecular weight is 451 g/mol. The number of halogens is 1. The molecule has 1 atom stereocenters. The average Bonchev–Trinajstić information content (AvgIpc) is 2.67. The second kappa shape index (κ2) is 8.84. The van der Waals surface area contributed by atoms with E-state index in [9.17, 15) is 17.6 Å². The van der Waals surface area contributed by atoms with Gasteiger partial charge in [0.15, 0.2) is 0 Å². The van der Waals surface area contributed by atoms with Crippen LogP contribution in [0.5, 0.6) is 11.5 Å². The number of nitrogens with one attached hydrogen (secondary N) is 1. The van der Waals surface area contributed by atoms with Gasteiger partial charge >= 0.3 is 0 Å². The van der Waals surface area contributed by atoms with E-state index in [1.54, 1.807) is 31.4 Å². The highest BCUT2D eigenvalue weighted by Gasteiger charge is 2.35. The van der Waals surface area contributed by atoms with Gasteiger partial charge in [-0.2, -0.15) is 4.31 Å². The summed E-state index contributed by atoms with van der Waals surface area (Å²) in [7, 11) is -2.20. The monoisotopic (exact) mass is 450 g/mol.